The molecule has 2 N–H and O–H groups in total. The Kier molecular flexibility index (Phi) is 6.30. The van der Waals surface area contributed by atoms with Crippen molar-refractivity contribution in [1.29, 1.82) is 0 Å². The van der Waals surface area contributed by atoms with Crippen molar-refractivity contribution in [3.63, 3.8) is 0 Å². The summed E-state index contributed by atoms with van der Waals surface area (Å²) in [5.41, 5.74) is 7.53. The summed E-state index contributed by atoms with van der Waals surface area (Å²) in [6, 6.07) is 5.95. The van der Waals surface area contributed by atoms with E-state index < -0.39 is 0 Å². The quantitative estimate of drug-likeness (QED) is 0.655. The number of ether oxygens (including phenoxy) is 1. The maximum atomic E-state index is 6.01. The number of unbranched alkanes of at least 4 members (excludes halogenated alkanes) is 5. The Morgan fingerprint density at radius 2 is 1.90 bits per heavy atom. The first-order valence-corrected chi connectivity index (χ1v) is 8.48. The standard InChI is InChI=1S/C17H23BrN2O/c1-2-3-4-5-6-7-10-21-17-14-11-13(18)8-9-16(14)20-12-15(17)19/h8-9,11-12H,2-7,10,19H2,1H3. The number of aromatic nitrogens is 1. The van der Waals surface area contributed by atoms with Crippen LogP contribution in [0.2, 0.25) is 0 Å². The molecule has 0 fully saturated rings. The van der Waals surface area contributed by atoms with Crippen molar-refractivity contribution in [2.45, 2.75) is 45.4 Å². The molecule has 4 heteroatoms. The van der Waals surface area contributed by atoms with Crippen molar-refractivity contribution in [1.82, 2.24) is 4.98 Å². The number of rotatable bonds is 8. The second-order valence-electron chi connectivity index (χ2n) is 5.32. The van der Waals surface area contributed by atoms with Crippen molar-refractivity contribution in [3.8, 4) is 5.75 Å². The van der Waals surface area contributed by atoms with Crippen LogP contribution in [0.15, 0.2) is 28.9 Å². The zero-order valence-electron chi connectivity index (χ0n) is 12.6. The summed E-state index contributed by atoms with van der Waals surface area (Å²) in [5.74, 6) is 0.759. The summed E-state index contributed by atoms with van der Waals surface area (Å²) in [7, 11) is 0. The summed E-state index contributed by atoms with van der Waals surface area (Å²) >= 11 is 3.48. The van der Waals surface area contributed by atoms with Crippen molar-refractivity contribution >= 4 is 32.5 Å². The normalized spacial score (nSPS) is 11.0. The number of hydrogen-bond acceptors (Lipinski definition) is 3. The SMILES string of the molecule is CCCCCCCCOc1c(N)cnc2ccc(Br)cc12. The average molecular weight is 351 g/mol. The van der Waals surface area contributed by atoms with E-state index in [1.165, 1.54) is 32.1 Å². The Morgan fingerprint density at radius 1 is 1.14 bits per heavy atom. The predicted molar refractivity (Wildman–Crippen MR) is 92.7 cm³/mol. The lowest BCUT2D eigenvalue weighted by molar-refractivity contribution is 0.309. The van der Waals surface area contributed by atoms with Crippen LogP contribution in [0.4, 0.5) is 5.69 Å². The van der Waals surface area contributed by atoms with Crippen molar-refractivity contribution in [2.24, 2.45) is 0 Å². The minimum Gasteiger partial charge on any atom is -0.491 e. The lowest BCUT2D eigenvalue weighted by Crippen LogP contribution is -2.02. The highest BCUT2D eigenvalue weighted by molar-refractivity contribution is 9.10. The molecule has 0 unspecified atom stereocenters. The number of benzene rings is 1. The van der Waals surface area contributed by atoms with Crippen molar-refractivity contribution in [2.75, 3.05) is 12.3 Å². The molecule has 21 heavy (non-hydrogen) atoms. The highest BCUT2D eigenvalue weighted by atomic mass is 79.9. The highest BCUT2D eigenvalue weighted by Crippen LogP contribution is 2.32. The Morgan fingerprint density at radius 3 is 2.71 bits per heavy atom. The Labute approximate surface area is 135 Å². The number of halogens is 1. The molecule has 0 aliphatic heterocycles. The number of nitrogens with zero attached hydrogens (tertiary/aromatic N) is 1. The van der Waals surface area contributed by atoms with E-state index in [1.54, 1.807) is 6.20 Å². The topological polar surface area (TPSA) is 48.1 Å². The first-order valence-electron chi connectivity index (χ1n) is 7.69. The van der Waals surface area contributed by atoms with E-state index in [-0.39, 0.29) is 0 Å². The molecule has 0 bridgehead atoms. The van der Waals surface area contributed by atoms with Gasteiger partial charge >= 0.3 is 0 Å². The van der Waals surface area contributed by atoms with E-state index in [4.69, 9.17) is 10.5 Å². The molecular formula is C17H23BrN2O. The summed E-state index contributed by atoms with van der Waals surface area (Å²) in [4.78, 5) is 4.33. The zero-order chi connectivity index (χ0) is 15.1. The molecule has 0 spiro atoms. The second-order valence-corrected chi connectivity index (χ2v) is 6.24. The van der Waals surface area contributed by atoms with Crippen molar-refractivity contribution in [3.05, 3.63) is 28.9 Å². The molecule has 2 aromatic rings. The Balaban J connectivity index is 1.95. The number of fused-ring (bicyclic) bond motifs is 1. The minimum absolute atomic E-state index is 0.603. The summed E-state index contributed by atoms with van der Waals surface area (Å²) in [6.07, 6.45) is 9.18. The molecule has 0 radical (unpaired) electrons. The van der Waals surface area contributed by atoms with Gasteiger partial charge in [0.25, 0.3) is 0 Å². The van der Waals surface area contributed by atoms with E-state index in [9.17, 15) is 0 Å². The molecule has 0 aliphatic carbocycles. The van der Waals surface area contributed by atoms with Crippen LogP contribution in [0.25, 0.3) is 10.9 Å². The van der Waals surface area contributed by atoms with Gasteiger partial charge in [0.05, 0.1) is 24.0 Å². The highest BCUT2D eigenvalue weighted by Gasteiger charge is 2.08. The van der Waals surface area contributed by atoms with E-state index in [2.05, 4.69) is 27.8 Å². The van der Waals surface area contributed by atoms with Gasteiger partial charge in [-0.05, 0) is 24.6 Å². The molecule has 0 atom stereocenters. The number of hydrogen-bond donors (Lipinski definition) is 1. The Bertz CT molecular complexity index is 581. The van der Waals surface area contributed by atoms with Gasteiger partial charge < -0.3 is 10.5 Å². The van der Waals surface area contributed by atoms with Gasteiger partial charge in [-0.1, -0.05) is 55.0 Å². The van der Waals surface area contributed by atoms with Gasteiger partial charge in [-0.15, -0.1) is 0 Å². The number of anilines is 1. The molecule has 1 heterocycles. The second kappa shape index (κ2) is 8.23. The van der Waals surface area contributed by atoms with Crippen LogP contribution < -0.4 is 10.5 Å². The molecule has 2 rings (SSSR count). The van der Waals surface area contributed by atoms with Gasteiger partial charge in [-0.2, -0.15) is 0 Å². The zero-order valence-corrected chi connectivity index (χ0v) is 14.2. The van der Waals surface area contributed by atoms with E-state index in [1.807, 2.05) is 18.2 Å². The molecule has 0 aliphatic rings. The Hall–Kier alpha value is -1.29. The number of nitrogen functional groups attached to an aromatic ring is 1. The van der Waals surface area contributed by atoms with Crippen LogP contribution in [0.5, 0.6) is 5.75 Å². The molecule has 1 aromatic heterocycles. The fourth-order valence-corrected chi connectivity index (χ4v) is 2.73. The van der Waals surface area contributed by atoms with Gasteiger partial charge in [-0.25, -0.2) is 0 Å². The lowest BCUT2D eigenvalue weighted by atomic mass is 10.1. The summed E-state index contributed by atoms with van der Waals surface area (Å²) < 4.78 is 6.93. The maximum absolute atomic E-state index is 6.01. The number of nitrogens with two attached hydrogens (primary N) is 1. The van der Waals surface area contributed by atoms with Crippen LogP contribution in [0.1, 0.15) is 45.4 Å². The van der Waals surface area contributed by atoms with E-state index in [0.29, 0.717) is 12.3 Å². The lowest BCUT2D eigenvalue weighted by Gasteiger charge is -2.11. The largest absolute Gasteiger partial charge is 0.491 e. The van der Waals surface area contributed by atoms with Gasteiger partial charge in [-0.3, -0.25) is 4.98 Å². The van der Waals surface area contributed by atoms with E-state index in [0.717, 1.165) is 27.5 Å². The number of pyridine rings is 1. The first-order chi connectivity index (χ1) is 10.2. The van der Waals surface area contributed by atoms with Crippen LogP contribution in [0, 0.1) is 0 Å². The molecule has 114 valence electrons. The van der Waals surface area contributed by atoms with Gasteiger partial charge in [0.15, 0.2) is 5.75 Å². The smallest absolute Gasteiger partial charge is 0.153 e. The van der Waals surface area contributed by atoms with Crippen LogP contribution >= 0.6 is 15.9 Å². The third kappa shape index (κ3) is 4.60. The van der Waals surface area contributed by atoms with Gasteiger partial charge in [0.2, 0.25) is 0 Å². The van der Waals surface area contributed by atoms with Crippen LogP contribution in [-0.4, -0.2) is 11.6 Å². The summed E-state index contributed by atoms with van der Waals surface area (Å²) in [5, 5.41) is 0.968. The van der Waals surface area contributed by atoms with Crippen LogP contribution in [0.3, 0.4) is 0 Å². The first kappa shape index (κ1) is 16.1. The molecular weight excluding hydrogens is 328 g/mol. The molecule has 3 nitrogen and oxygen atoms in total. The van der Waals surface area contributed by atoms with E-state index >= 15 is 0 Å². The maximum Gasteiger partial charge on any atom is 0.153 e. The monoisotopic (exact) mass is 350 g/mol. The fourth-order valence-electron chi connectivity index (χ4n) is 2.37. The van der Waals surface area contributed by atoms with Gasteiger partial charge in [0, 0.05) is 9.86 Å². The summed E-state index contributed by atoms with van der Waals surface area (Å²) in [6.45, 7) is 2.94. The molecule has 0 saturated heterocycles. The fraction of sp³-hybridized carbons (Fsp3) is 0.471. The third-order valence-electron chi connectivity index (χ3n) is 3.55. The molecule has 0 amide bonds. The molecule has 0 saturated carbocycles. The third-order valence-corrected chi connectivity index (χ3v) is 4.05. The van der Waals surface area contributed by atoms with Gasteiger partial charge in [0.1, 0.15) is 0 Å². The average Bonchev–Trinajstić information content (AvgIpc) is 2.48. The minimum atomic E-state index is 0.603. The molecule has 1 aromatic carbocycles. The van der Waals surface area contributed by atoms with Crippen LogP contribution in [-0.2, 0) is 0 Å². The van der Waals surface area contributed by atoms with Crippen molar-refractivity contribution < 1.29 is 4.74 Å². The predicted octanol–water partition coefficient (Wildman–Crippen LogP) is 5.32.